The Labute approximate surface area is 110 Å². The van der Waals surface area contributed by atoms with Crippen LogP contribution in [0, 0.1) is 0 Å². The Kier molecular flexibility index (Phi) is 7.19. The average molecular weight is 278 g/mol. The van der Waals surface area contributed by atoms with E-state index in [4.69, 9.17) is 21.1 Å². The molecule has 0 unspecified atom stereocenters. The number of hydrogen-bond donors (Lipinski definition) is 1. The lowest BCUT2D eigenvalue weighted by Crippen LogP contribution is -2.21. The zero-order valence-electron chi connectivity index (χ0n) is 9.70. The summed E-state index contributed by atoms with van der Waals surface area (Å²) in [7, 11) is 0. The second kappa shape index (κ2) is 8.47. The summed E-state index contributed by atoms with van der Waals surface area (Å²) >= 11 is 7.35. The third-order valence-electron chi connectivity index (χ3n) is 1.88. The van der Waals surface area contributed by atoms with E-state index in [1.54, 1.807) is 18.3 Å². The molecule has 1 heterocycles. The van der Waals surface area contributed by atoms with Crippen LogP contribution in [0.1, 0.15) is 11.8 Å². The van der Waals surface area contributed by atoms with Gasteiger partial charge in [-0.3, -0.25) is 0 Å². The lowest BCUT2D eigenvalue weighted by atomic mass is 10.4. The number of carbonyl (C=O) groups is 1. The lowest BCUT2D eigenvalue weighted by Gasteiger charge is -2.05. The fourth-order valence-corrected chi connectivity index (χ4v) is 2.22. The molecular formula is C11H16ClNO3S. The fourth-order valence-electron chi connectivity index (χ4n) is 1.16. The maximum absolute atomic E-state index is 10.9. The molecular weight excluding hydrogens is 262 g/mol. The van der Waals surface area contributed by atoms with Gasteiger partial charge in [-0.15, -0.1) is 11.3 Å². The molecule has 1 aromatic rings. The first-order chi connectivity index (χ1) is 8.22. The van der Waals surface area contributed by atoms with Crippen molar-refractivity contribution in [3.63, 3.8) is 0 Å². The number of carbonyl (C=O) groups excluding carboxylic acids is 1. The number of halogens is 1. The van der Waals surface area contributed by atoms with Crippen molar-refractivity contribution in [2.24, 2.45) is 0 Å². The number of nitrogens with one attached hydrogen (secondary N) is 1. The highest BCUT2D eigenvalue weighted by molar-refractivity contribution is 7.16. The Bertz CT molecular complexity index is 343. The molecule has 0 fully saturated rings. The van der Waals surface area contributed by atoms with Crippen molar-refractivity contribution in [3.05, 3.63) is 21.3 Å². The molecule has 0 atom stereocenters. The molecule has 96 valence electrons. The second-order valence-corrected chi connectivity index (χ2v) is 5.04. The maximum atomic E-state index is 10.9. The van der Waals surface area contributed by atoms with E-state index in [1.165, 1.54) is 4.88 Å². The second-order valence-electron chi connectivity index (χ2n) is 3.24. The van der Waals surface area contributed by atoms with Gasteiger partial charge in [0.15, 0.2) is 0 Å². The first kappa shape index (κ1) is 14.4. The molecule has 0 aliphatic heterocycles. The van der Waals surface area contributed by atoms with Crippen LogP contribution in [0.5, 0.6) is 0 Å². The van der Waals surface area contributed by atoms with Crippen LogP contribution in [-0.2, 0) is 20.8 Å². The third kappa shape index (κ3) is 6.63. The zero-order chi connectivity index (χ0) is 12.5. The van der Waals surface area contributed by atoms with E-state index in [2.05, 4.69) is 5.32 Å². The molecule has 6 heteroatoms. The Hall–Kier alpha value is -0.620. The summed E-state index contributed by atoms with van der Waals surface area (Å²) in [4.78, 5) is 12.1. The molecule has 0 aromatic carbocycles. The van der Waals surface area contributed by atoms with Crippen molar-refractivity contribution in [1.29, 1.82) is 0 Å². The molecule has 0 saturated carbocycles. The van der Waals surface area contributed by atoms with Crippen molar-refractivity contribution >= 4 is 28.9 Å². The standard InChI is InChI=1S/C11H16ClNO3S/c1-2-16-11(14)8-15-6-5-13-7-9-3-4-10(12)17-9/h3-4,13H,2,5-8H2,1H3. The van der Waals surface area contributed by atoms with Gasteiger partial charge >= 0.3 is 5.97 Å². The Balaban J connectivity index is 1.96. The number of hydrogen-bond acceptors (Lipinski definition) is 5. The van der Waals surface area contributed by atoms with Gasteiger partial charge in [0.1, 0.15) is 6.61 Å². The van der Waals surface area contributed by atoms with Gasteiger partial charge in [0.05, 0.1) is 17.6 Å². The van der Waals surface area contributed by atoms with Gasteiger partial charge in [0, 0.05) is 18.0 Å². The maximum Gasteiger partial charge on any atom is 0.332 e. The number of thiophene rings is 1. The SMILES string of the molecule is CCOC(=O)COCCNCc1ccc(Cl)s1. The van der Waals surface area contributed by atoms with Gasteiger partial charge in [-0.05, 0) is 19.1 Å². The summed E-state index contributed by atoms with van der Waals surface area (Å²) in [6.45, 7) is 4.11. The minimum Gasteiger partial charge on any atom is -0.464 e. The molecule has 0 aliphatic rings. The van der Waals surface area contributed by atoms with E-state index in [9.17, 15) is 4.79 Å². The molecule has 0 bridgehead atoms. The van der Waals surface area contributed by atoms with E-state index in [-0.39, 0.29) is 12.6 Å². The highest BCUT2D eigenvalue weighted by Crippen LogP contribution is 2.20. The van der Waals surface area contributed by atoms with Crippen molar-refractivity contribution in [1.82, 2.24) is 5.32 Å². The van der Waals surface area contributed by atoms with Crippen LogP contribution < -0.4 is 5.32 Å². The van der Waals surface area contributed by atoms with Crippen LogP contribution >= 0.6 is 22.9 Å². The van der Waals surface area contributed by atoms with E-state index >= 15 is 0 Å². The fraction of sp³-hybridized carbons (Fsp3) is 0.545. The molecule has 0 saturated heterocycles. The third-order valence-corrected chi connectivity index (χ3v) is 3.11. The predicted molar refractivity (Wildman–Crippen MR) is 68.5 cm³/mol. The minimum absolute atomic E-state index is 0.0142. The molecule has 1 rings (SSSR count). The van der Waals surface area contributed by atoms with Crippen molar-refractivity contribution < 1.29 is 14.3 Å². The average Bonchev–Trinajstić information content (AvgIpc) is 2.70. The minimum atomic E-state index is -0.322. The van der Waals surface area contributed by atoms with E-state index in [1.807, 2.05) is 12.1 Å². The smallest absolute Gasteiger partial charge is 0.332 e. The first-order valence-corrected chi connectivity index (χ1v) is 6.60. The van der Waals surface area contributed by atoms with E-state index < -0.39 is 0 Å². The molecule has 1 N–H and O–H groups in total. The van der Waals surface area contributed by atoms with Gasteiger partial charge in [0.25, 0.3) is 0 Å². The van der Waals surface area contributed by atoms with Gasteiger partial charge < -0.3 is 14.8 Å². The normalized spacial score (nSPS) is 10.5. The van der Waals surface area contributed by atoms with Gasteiger partial charge in [-0.2, -0.15) is 0 Å². The predicted octanol–water partition coefficient (Wildman–Crippen LogP) is 2.07. The Morgan fingerprint density at radius 3 is 3.00 bits per heavy atom. The summed E-state index contributed by atoms with van der Waals surface area (Å²) in [5.74, 6) is -0.322. The molecule has 1 aromatic heterocycles. The zero-order valence-corrected chi connectivity index (χ0v) is 11.3. The number of esters is 1. The Morgan fingerprint density at radius 1 is 1.53 bits per heavy atom. The largest absolute Gasteiger partial charge is 0.464 e. The molecule has 0 amide bonds. The summed E-state index contributed by atoms with van der Waals surface area (Å²) in [5, 5.41) is 3.20. The topological polar surface area (TPSA) is 47.6 Å². The summed E-state index contributed by atoms with van der Waals surface area (Å²) in [6.07, 6.45) is 0. The van der Waals surface area contributed by atoms with Crippen LogP contribution in [0.3, 0.4) is 0 Å². The highest BCUT2D eigenvalue weighted by atomic mass is 35.5. The van der Waals surface area contributed by atoms with Gasteiger partial charge in [-0.1, -0.05) is 11.6 Å². The summed E-state index contributed by atoms with van der Waals surface area (Å²) in [6, 6.07) is 3.86. The molecule has 0 spiro atoms. The molecule has 0 aliphatic carbocycles. The summed E-state index contributed by atoms with van der Waals surface area (Å²) in [5.41, 5.74) is 0. The molecule has 0 radical (unpaired) electrons. The van der Waals surface area contributed by atoms with Crippen LogP contribution in [-0.4, -0.2) is 32.3 Å². The van der Waals surface area contributed by atoms with Crippen molar-refractivity contribution in [2.45, 2.75) is 13.5 Å². The van der Waals surface area contributed by atoms with E-state index in [0.29, 0.717) is 19.8 Å². The Morgan fingerprint density at radius 2 is 2.35 bits per heavy atom. The van der Waals surface area contributed by atoms with Crippen LogP contribution in [0.2, 0.25) is 4.34 Å². The summed E-state index contributed by atoms with van der Waals surface area (Å²) < 4.78 is 10.6. The number of rotatable bonds is 8. The quantitative estimate of drug-likeness (QED) is 0.584. The van der Waals surface area contributed by atoms with Crippen LogP contribution in [0.25, 0.3) is 0 Å². The van der Waals surface area contributed by atoms with Gasteiger partial charge in [-0.25, -0.2) is 4.79 Å². The molecule has 17 heavy (non-hydrogen) atoms. The van der Waals surface area contributed by atoms with E-state index in [0.717, 1.165) is 10.9 Å². The van der Waals surface area contributed by atoms with Gasteiger partial charge in [0.2, 0.25) is 0 Å². The van der Waals surface area contributed by atoms with Crippen LogP contribution in [0.15, 0.2) is 12.1 Å². The van der Waals surface area contributed by atoms with Crippen molar-refractivity contribution in [3.8, 4) is 0 Å². The highest BCUT2D eigenvalue weighted by Gasteiger charge is 2.01. The van der Waals surface area contributed by atoms with Crippen LogP contribution in [0.4, 0.5) is 0 Å². The van der Waals surface area contributed by atoms with Crippen molar-refractivity contribution in [2.75, 3.05) is 26.4 Å². The molecule has 4 nitrogen and oxygen atoms in total. The number of ether oxygens (including phenoxy) is 2. The monoisotopic (exact) mass is 277 g/mol. The lowest BCUT2D eigenvalue weighted by molar-refractivity contribution is -0.148. The first-order valence-electron chi connectivity index (χ1n) is 5.40.